The van der Waals surface area contributed by atoms with Crippen LogP contribution in [0.2, 0.25) is 0 Å². The van der Waals surface area contributed by atoms with E-state index in [-0.39, 0.29) is 13.0 Å². The van der Waals surface area contributed by atoms with Gasteiger partial charge in [0.05, 0.1) is 5.69 Å². The van der Waals surface area contributed by atoms with Gasteiger partial charge in [0, 0.05) is 13.0 Å². The number of rotatable bonds is 4. The number of carbonyl (C=O) groups is 2. The van der Waals surface area contributed by atoms with E-state index in [1.54, 1.807) is 51.1 Å². The monoisotopic (exact) mass is 280 g/mol. The molecule has 0 aliphatic heterocycles. The van der Waals surface area contributed by atoms with Crippen LogP contribution in [0.5, 0.6) is 0 Å². The lowest BCUT2D eigenvalue weighted by Gasteiger charge is -2.20. The summed E-state index contributed by atoms with van der Waals surface area (Å²) in [6.45, 7) is 5.35. The average molecular weight is 280 g/mol. The minimum absolute atomic E-state index is 0.0232. The van der Waals surface area contributed by atoms with Crippen molar-refractivity contribution in [2.24, 2.45) is 0 Å². The Balaban J connectivity index is 2.35. The van der Waals surface area contributed by atoms with Crippen LogP contribution in [-0.2, 0) is 9.53 Å². The normalized spacial score (nSPS) is 10.8. The van der Waals surface area contributed by atoms with E-state index in [0.717, 1.165) is 0 Å². The van der Waals surface area contributed by atoms with Crippen molar-refractivity contribution in [3.63, 3.8) is 0 Å². The van der Waals surface area contributed by atoms with E-state index < -0.39 is 17.6 Å². The summed E-state index contributed by atoms with van der Waals surface area (Å²) >= 11 is 0. The SMILES string of the molecule is CC(C)(C)OC(=O)NCCC(=O)N(O)c1ccccc1. The Kier molecular flexibility index (Phi) is 5.52. The van der Waals surface area contributed by atoms with Gasteiger partial charge in [-0.3, -0.25) is 10.0 Å². The minimum Gasteiger partial charge on any atom is -0.444 e. The molecule has 0 aliphatic rings. The van der Waals surface area contributed by atoms with Gasteiger partial charge in [0.1, 0.15) is 5.60 Å². The third-order valence-electron chi connectivity index (χ3n) is 2.24. The van der Waals surface area contributed by atoms with Crippen LogP contribution in [-0.4, -0.2) is 29.4 Å². The summed E-state index contributed by atoms with van der Waals surface area (Å²) in [7, 11) is 0. The van der Waals surface area contributed by atoms with E-state index in [4.69, 9.17) is 4.74 Å². The van der Waals surface area contributed by atoms with Gasteiger partial charge in [-0.15, -0.1) is 0 Å². The van der Waals surface area contributed by atoms with Crippen LogP contribution in [0.4, 0.5) is 10.5 Å². The summed E-state index contributed by atoms with van der Waals surface area (Å²) in [4.78, 5) is 23.1. The molecular formula is C14H20N2O4. The molecule has 0 aromatic heterocycles. The second kappa shape index (κ2) is 6.91. The molecule has 20 heavy (non-hydrogen) atoms. The van der Waals surface area contributed by atoms with Crippen molar-refractivity contribution in [3.05, 3.63) is 30.3 Å². The quantitative estimate of drug-likeness (QED) is 0.655. The predicted molar refractivity (Wildman–Crippen MR) is 74.6 cm³/mol. The molecule has 0 bridgehead atoms. The van der Waals surface area contributed by atoms with E-state index in [2.05, 4.69) is 5.32 Å². The van der Waals surface area contributed by atoms with Crippen LogP contribution in [0.1, 0.15) is 27.2 Å². The zero-order valence-corrected chi connectivity index (χ0v) is 11.9. The van der Waals surface area contributed by atoms with Crippen LogP contribution in [0, 0.1) is 0 Å². The Labute approximate surface area is 118 Å². The zero-order chi connectivity index (χ0) is 15.2. The Hall–Kier alpha value is -2.08. The molecule has 110 valence electrons. The summed E-state index contributed by atoms with van der Waals surface area (Å²) < 4.78 is 5.03. The number of benzene rings is 1. The number of hydroxylamine groups is 1. The van der Waals surface area contributed by atoms with Crippen molar-refractivity contribution in [3.8, 4) is 0 Å². The van der Waals surface area contributed by atoms with E-state index in [0.29, 0.717) is 10.8 Å². The summed E-state index contributed by atoms with van der Waals surface area (Å²) in [5, 5.41) is 12.7. The van der Waals surface area contributed by atoms with E-state index in [9.17, 15) is 14.8 Å². The third kappa shape index (κ3) is 5.71. The fraction of sp³-hybridized carbons (Fsp3) is 0.429. The molecule has 0 radical (unpaired) electrons. The lowest BCUT2D eigenvalue weighted by molar-refractivity contribution is -0.123. The Morgan fingerprint density at radius 3 is 2.40 bits per heavy atom. The summed E-state index contributed by atoms with van der Waals surface area (Å²) in [5.41, 5.74) is -0.198. The number of carbonyl (C=O) groups excluding carboxylic acids is 2. The number of hydrogen-bond acceptors (Lipinski definition) is 4. The number of para-hydroxylation sites is 1. The van der Waals surface area contributed by atoms with Gasteiger partial charge in [0.25, 0.3) is 5.91 Å². The second-order valence-electron chi connectivity index (χ2n) is 5.22. The number of nitrogens with one attached hydrogen (secondary N) is 1. The maximum absolute atomic E-state index is 11.7. The zero-order valence-electron chi connectivity index (χ0n) is 11.9. The van der Waals surface area contributed by atoms with Crippen LogP contribution in [0.3, 0.4) is 0 Å². The first-order valence-electron chi connectivity index (χ1n) is 6.33. The predicted octanol–water partition coefficient (Wildman–Crippen LogP) is 2.32. The molecule has 1 aromatic carbocycles. The molecule has 2 amide bonds. The van der Waals surface area contributed by atoms with Crippen molar-refractivity contribution in [2.45, 2.75) is 32.8 Å². The number of hydrogen-bond donors (Lipinski definition) is 2. The molecule has 0 saturated heterocycles. The van der Waals surface area contributed by atoms with Gasteiger partial charge in [-0.25, -0.2) is 4.79 Å². The van der Waals surface area contributed by atoms with E-state index in [1.807, 2.05) is 0 Å². The largest absolute Gasteiger partial charge is 0.444 e. The van der Waals surface area contributed by atoms with Gasteiger partial charge in [-0.05, 0) is 32.9 Å². The van der Waals surface area contributed by atoms with Gasteiger partial charge < -0.3 is 10.1 Å². The smallest absolute Gasteiger partial charge is 0.407 e. The molecule has 2 N–H and O–H groups in total. The molecule has 0 spiro atoms. The lowest BCUT2D eigenvalue weighted by Crippen LogP contribution is -2.35. The third-order valence-corrected chi connectivity index (χ3v) is 2.24. The van der Waals surface area contributed by atoms with Gasteiger partial charge >= 0.3 is 6.09 Å². The number of amides is 2. The van der Waals surface area contributed by atoms with Crippen molar-refractivity contribution >= 4 is 17.7 Å². The van der Waals surface area contributed by atoms with Crippen molar-refractivity contribution < 1.29 is 19.5 Å². The molecule has 1 rings (SSSR count). The van der Waals surface area contributed by atoms with Gasteiger partial charge in [-0.1, -0.05) is 18.2 Å². The highest BCUT2D eigenvalue weighted by molar-refractivity contribution is 5.91. The van der Waals surface area contributed by atoms with Crippen LogP contribution in [0.15, 0.2) is 30.3 Å². The summed E-state index contributed by atoms with van der Waals surface area (Å²) in [6, 6.07) is 8.43. The highest BCUT2D eigenvalue weighted by Crippen LogP contribution is 2.11. The molecule has 0 saturated carbocycles. The fourth-order valence-electron chi connectivity index (χ4n) is 1.40. The first-order valence-corrected chi connectivity index (χ1v) is 6.33. The van der Waals surface area contributed by atoms with Gasteiger partial charge in [0.2, 0.25) is 0 Å². The molecule has 6 nitrogen and oxygen atoms in total. The molecule has 0 atom stereocenters. The Morgan fingerprint density at radius 2 is 1.85 bits per heavy atom. The number of anilines is 1. The van der Waals surface area contributed by atoms with Crippen molar-refractivity contribution in [2.75, 3.05) is 11.6 Å². The van der Waals surface area contributed by atoms with Gasteiger partial charge in [0.15, 0.2) is 0 Å². The number of ether oxygens (including phenoxy) is 1. The summed E-state index contributed by atoms with van der Waals surface area (Å²) in [5.74, 6) is -0.507. The molecule has 1 aromatic rings. The standard InChI is InChI=1S/C14H20N2O4/c1-14(2,3)20-13(18)15-10-9-12(17)16(19)11-7-5-4-6-8-11/h4-8,19H,9-10H2,1-3H3,(H,15,18). The molecule has 0 unspecified atom stereocenters. The number of alkyl carbamates (subject to hydrolysis) is 1. The molecular weight excluding hydrogens is 260 g/mol. The second-order valence-corrected chi connectivity index (χ2v) is 5.22. The highest BCUT2D eigenvalue weighted by atomic mass is 16.6. The molecule has 0 heterocycles. The van der Waals surface area contributed by atoms with Crippen LogP contribution < -0.4 is 10.4 Å². The Bertz CT molecular complexity index is 454. The molecule has 6 heteroatoms. The van der Waals surface area contributed by atoms with Gasteiger partial charge in [-0.2, -0.15) is 5.06 Å². The fourth-order valence-corrected chi connectivity index (χ4v) is 1.40. The van der Waals surface area contributed by atoms with Crippen LogP contribution in [0.25, 0.3) is 0 Å². The van der Waals surface area contributed by atoms with E-state index >= 15 is 0 Å². The van der Waals surface area contributed by atoms with Crippen molar-refractivity contribution in [1.29, 1.82) is 0 Å². The molecule has 0 aliphatic carbocycles. The minimum atomic E-state index is -0.588. The first-order chi connectivity index (χ1) is 9.29. The lowest BCUT2D eigenvalue weighted by atomic mass is 10.2. The highest BCUT2D eigenvalue weighted by Gasteiger charge is 2.17. The number of nitrogens with zero attached hydrogens (tertiary/aromatic N) is 1. The molecule has 0 fully saturated rings. The maximum Gasteiger partial charge on any atom is 0.407 e. The topological polar surface area (TPSA) is 78.9 Å². The first kappa shape index (κ1) is 16.0. The van der Waals surface area contributed by atoms with Crippen LogP contribution >= 0.6 is 0 Å². The van der Waals surface area contributed by atoms with Crippen molar-refractivity contribution in [1.82, 2.24) is 5.32 Å². The Morgan fingerprint density at radius 1 is 1.25 bits per heavy atom. The maximum atomic E-state index is 11.7. The van der Waals surface area contributed by atoms with E-state index in [1.165, 1.54) is 0 Å². The summed E-state index contributed by atoms with van der Waals surface area (Å²) in [6.07, 6.45) is -0.612. The average Bonchev–Trinajstić information content (AvgIpc) is 2.36.